The van der Waals surface area contributed by atoms with Gasteiger partial charge in [-0.25, -0.2) is 0 Å². The lowest BCUT2D eigenvalue weighted by molar-refractivity contribution is 0.102. The highest BCUT2D eigenvalue weighted by molar-refractivity contribution is 7.14. The number of rotatable bonds is 2. The van der Waals surface area contributed by atoms with Crippen LogP contribution in [-0.4, -0.2) is 5.78 Å². The summed E-state index contributed by atoms with van der Waals surface area (Å²) >= 11 is 1.62. The second kappa shape index (κ2) is 3.40. The molecule has 0 bridgehead atoms. The Balaban J connectivity index is 3.29. The normalized spacial score (nSPS) is 10.3. The molecule has 0 N–H and O–H groups in total. The summed E-state index contributed by atoms with van der Waals surface area (Å²) in [7, 11) is 0. The van der Waals surface area contributed by atoms with Crippen LogP contribution in [0.1, 0.15) is 39.5 Å². The van der Waals surface area contributed by atoms with Crippen LogP contribution in [0.25, 0.3) is 0 Å². The molecular weight excluding hydrogens is 168 g/mol. The van der Waals surface area contributed by atoms with E-state index in [4.69, 9.17) is 0 Å². The average molecular weight is 182 g/mol. The molecule has 0 spiro atoms. The zero-order valence-electron chi connectivity index (χ0n) is 8.02. The van der Waals surface area contributed by atoms with Gasteiger partial charge in [-0.15, -0.1) is 11.3 Å². The predicted octanol–water partition coefficient (Wildman–Crippen LogP) is 3.13. The lowest BCUT2D eigenvalue weighted by Crippen LogP contribution is -1.93. The van der Waals surface area contributed by atoms with Crippen molar-refractivity contribution >= 4 is 17.1 Å². The Bertz CT molecular complexity index is 310. The van der Waals surface area contributed by atoms with E-state index in [-0.39, 0.29) is 5.78 Å². The van der Waals surface area contributed by atoms with Gasteiger partial charge in [0, 0.05) is 4.88 Å². The molecule has 0 aliphatic carbocycles. The minimum atomic E-state index is 0.202. The number of hydrogen-bond donors (Lipinski definition) is 0. The summed E-state index contributed by atoms with van der Waals surface area (Å²) in [6, 6.07) is 0. The standard InChI is InChI=1S/C10H14OS/c1-5-9-6(2)8(4)12-10(9)7(3)11/h5H2,1-4H3. The Kier molecular flexibility index (Phi) is 2.68. The van der Waals surface area contributed by atoms with Crippen LogP contribution in [0.5, 0.6) is 0 Å². The third-order valence-electron chi connectivity index (χ3n) is 2.18. The van der Waals surface area contributed by atoms with Crippen LogP contribution in [0.3, 0.4) is 0 Å². The van der Waals surface area contributed by atoms with Crippen molar-refractivity contribution < 1.29 is 4.79 Å². The van der Waals surface area contributed by atoms with Crippen LogP contribution < -0.4 is 0 Å². The lowest BCUT2D eigenvalue weighted by Gasteiger charge is -1.97. The fraction of sp³-hybridized carbons (Fsp3) is 0.500. The molecule has 1 aromatic heterocycles. The first-order chi connectivity index (χ1) is 5.57. The number of Topliss-reactive ketones (excluding diaryl/α,β-unsaturated/α-hetero) is 1. The van der Waals surface area contributed by atoms with Gasteiger partial charge in [0.05, 0.1) is 4.88 Å². The van der Waals surface area contributed by atoms with Gasteiger partial charge in [-0.2, -0.15) is 0 Å². The number of ketones is 1. The van der Waals surface area contributed by atoms with Gasteiger partial charge in [-0.05, 0) is 38.3 Å². The third-order valence-corrected chi connectivity index (χ3v) is 3.53. The number of hydrogen-bond acceptors (Lipinski definition) is 2. The monoisotopic (exact) mass is 182 g/mol. The third kappa shape index (κ3) is 1.44. The van der Waals surface area contributed by atoms with Crippen LogP contribution in [0, 0.1) is 13.8 Å². The summed E-state index contributed by atoms with van der Waals surface area (Å²) in [6.45, 7) is 7.91. The topological polar surface area (TPSA) is 17.1 Å². The highest BCUT2D eigenvalue weighted by atomic mass is 32.1. The van der Waals surface area contributed by atoms with E-state index in [1.54, 1.807) is 18.3 Å². The zero-order valence-corrected chi connectivity index (χ0v) is 8.84. The molecule has 0 aromatic carbocycles. The van der Waals surface area contributed by atoms with Gasteiger partial charge < -0.3 is 0 Å². The molecule has 1 rings (SSSR count). The SMILES string of the molecule is CCc1c(C(C)=O)sc(C)c1C. The minimum absolute atomic E-state index is 0.202. The van der Waals surface area contributed by atoms with Crippen LogP contribution in [-0.2, 0) is 6.42 Å². The zero-order chi connectivity index (χ0) is 9.30. The molecule has 66 valence electrons. The van der Waals surface area contributed by atoms with E-state index >= 15 is 0 Å². The fourth-order valence-corrected chi connectivity index (χ4v) is 2.53. The Morgan fingerprint density at radius 1 is 1.42 bits per heavy atom. The van der Waals surface area contributed by atoms with E-state index in [1.807, 2.05) is 0 Å². The molecule has 1 aromatic rings. The summed E-state index contributed by atoms with van der Waals surface area (Å²) < 4.78 is 0. The molecule has 0 fully saturated rings. The summed E-state index contributed by atoms with van der Waals surface area (Å²) in [5, 5.41) is 0. The van der Waals surface area contributed by atoms with Gasteiger partial charge in [0.2, 0.25) is 0 Å². The van der Waals surface area contributed by atoms with E-state index in [2.05, 4.69) is 20.8 Å². The molecule has 12 heavy (non-hydrogen) atoms. The summed E-state index contributed by atoms with van der Waals surface area (Å²) in [5.74, 6) is 0.202. The van der Waals surface area contributed by atoms with E-state index in [9.17, 15) is 4.79 Å². The van der Waals surface area contributed by atoms with Crippen molar-refractivity contribution in [1.29, 1.82) is 0 Å². The van der Waals surface area contributed by atoms with Crippen molar-refractivity contribution in [1.82, 2.24) is 0 Å². The van der Waals surface area contributed by atoms with Crippen molar-refractivity contribution in [3.05, 3.63) is 20.9 Å². The molecule has 0 atom stereocenters. The summed E-state index contributed by atoms with van der Waals surface area (Å²) in [4.78, 5) is 13.4. The van der Waals surface area contributed by atoms with Gasteiger partial charge in [-0.3, -0.25) is 4.79 Å². The van der Waals surface area contributed by atoms with E-state index in [0.717, 1.165) is 11.3 Å². The van der Waals surface area contributed by atoms with Gasteiger partial charge in [-0.1, -0.05) is 6.92 Å². The molecule has 0 saturated carbocycles. The van der Waals surface area contributed by atoms with E-state index in [1.165, 1.54) is 16.0 Å². The first-order valence-electron chi connectivity index (χ1n) is 4.17. The minimum Gasteiger partial charge on any atom is -0.294 e. The molecule has 0 unspecified atom stereocenters. The summed E-state index contributed by atoms with van der Waals surface area (Å²) in [6.07, 6.45) is 0.963. The maximum Gasteiger partial charge on any atom is 0.170 e. The Morgan fingerprint density at radius 2 is 2.00 bits per heavy atom. The first-order valence-corrected chi connectivity index (χ1v) is 4.99. The largest absolute Gasteiger partial charge is 0.294 e. The van der Waals surface area contributed by atoms with Gasteiger partial charge >= 0.3 is 0 Å². The van der Waals surface area contributed by atoms with Crippen molar-refractivity contribution in [2.75, 3.05) is 0 Å². The Hall–Kier alpha value is -0.630. The predicted molar refractivity (Wildman–Crippen MR) is 53.2 cm³/mol. The number of aryl methyl sites for hydroxylation is 1. The fourth-order valence-electron chi connectivity index (χ4n) is 1.38. The molecule has 0 radical (unpaired) electrons. The molecule has 0 amide bonds. The number of carbonyl (C=O) groups excluding carboxylic acids is 1. The van der Waals surface area contributed by atoms with Gasteiger partial charge in [0.15, 0.2) is 5.78 Å². The first kappa shape index (κ1) is 9.46. The molecule has 0 aliphatic rings. The van der Waals surface area contributed by atoms with Gasteiger partial charge in [0.1, 0.15) is 0 Å². The van der Waals surface area contributed by atoms with Crippen molar-refractivity contribution in [2.45, 2.75) is 34.1 Å². The van der Waals surface area contributed by atoms with E-state index in [0.29, 0.717) is 0 Å². The van der Waals surface area contributed by atoms with Crippen molar-refractivity contribution in [3.63, 3.8) is 0 Å². The highest BCUT2D eigenvalue weighted by Gasteiger charge is 2.13. The molecule has 2 heteroatoms. The second-order valence-corrected chi connectivity index (χ2v) is 4.23. The average Bonchev–Trinajstić information content (AvgIpc) is 2.29. The van der Waals surface area contributed by atoms with Gasteiger partial charge in [0.25, 0.3) is 0 Å². The molecule has 0 aliphatic heterocycles. The van der Waals surface area contributed by atoms with E-state index < -0.39 is 0 Å². The second-order valence-electron chi connectivity index (χ2n) is 3.00. The quantitative estimate of drug-likeness (QED) is 0.642. The van der Waals surface area contributed by atoms with Crippen LogP contribution in [0.2, 0.25) is 0 Å². The maximum absolute atomic E-state index is 11.2. The molecular formula is C10H14OS. The van der Waals surface area contributed by atoms with Crippen molar-refractivity contribution in [2.24, 2.45) is 0 Å². The van der Waals surface area contributed by atoms with Crippen LogP contribution >= 0.6 is 11.3 Å². The van der Waals surface area contributed by atoms with Crippen LogP contribution in [0.4, 0.5) is 0 Å². The molecule has 0 saturated heterocycles. The summed E-state index contributed by atoms with van der Waals surface area (Å²) in [5.41, 5.74) is 2.54. The lowest BCUT2D eigenvalue weighted by atomic mass is 10.1. The highest BCUT2D eigenvalue weighted by Crippen LogP contribution is 2.27. The Morgan fingerprint density at radius 3 is 2.33 bits per heavy atom. The smallest absolute Gasteiger partial charge is 0.170 e. The van der Waals surface area contributed by atoms with Crippen LogP contribution in [0.15, 0.2) is 0 Å². The number of thiophene rings is 1. The Labute approximate surface area is 77.4 Å². The molecule has 1 heterocycles. The van der Waals surface area contributed by atoms with Crippen molar-refractivity contribution in [3.8, 4) is 0 Å². The molecule has 1 nitrogen and oxygen atoms in total. The maximum atomic E-state index is 11.2. The number of carbonyl (C=O) groups is 1.